The van der Waals surface area contributed by atoms with Crippen LogP contribution in [-0.4, -0.2) is 17.3 Å². The Morgan fingerprint density at radius 2 is 1.42 bits per heavy atom. The average Bonchev–Trinajstić information content (AvgIpc) is 1.84. The molecule has 0 unspecified atom stereocenters. The van der Waals surface area contributed by atoms with Gasteiger partial charge in [-0.15, -0.1) is 0 Å². The van der Waals surface area contributed by atoms with Gasteiger partial charge in [0.1, 0.15) is 17.3 Å². The van der Waals surface area contributed by atoms with Gasteiger partial charge in [0, 0.05) is 6.42 Å². The number of ketones is 3. The Labute approximate surface area is 72.1 Å². The lowest BCUT2D eigenvalue weighted by molar-refractivity contribution is -0.130. The largest absolute Gasteiger partial charge is 0.300 e. The van der Waals surface area contributed by atoms with Crippen molar-refractivity contribution in [2.24, 2.45) is 5.92 Å². The molecule has 0 radical (unpaired) electrons. The molecule has 0 saturated heterocycles. The molecule has 12 heavy (non-hydrogen) atoms. The fourth-order valence-corrected chi connectivity index (χ4v) is 1.04. The first-order chi connectivity index (χ1) is 5.45. The van der Waals surface area contributed by atoms with Crippen LogP contribution in [0.3, 0.4) is 0 Å². The van der Waals surface area contributed by atoms with E-state index in [1.807, 2.05) is 0 Å². The summed E-state index contributed by atoms with van der Waals surface area (Å²) in [4.78, 5) is 32.3. The van der Waals surface area contributed by atoms with Crippen LogP contribution in [0.1, 0.15) is 33.6 Å². The van der Waals surface area contributed by atoms with Crippen LogP contribution in [0.5, 0.6) is 0 Å². The number of Topliss-reactive ketones (excluding diaryl/α,β-unsaturated/α-hetero) is 3. The Morgan fingerprint density at radius 1 is 1.00 bits per heavy atom. The summed E-state index contributed by atoms with van der Waals surface area (Å²) in [6.07, 6.45) is 0.670. The first-order valence-electron chi connectivity index (χ1n) is 3.95. The van der Waals surface area contributed by atoms with Gasteiger partial charge in [0.25, 0.3) is 0 Å². The van der Waals surface area contributed by atoms with E-state index >= 15 is 0 Å². The zero-order valence-electron chi connectivity index (χ0n) is 7.72. The fraction of sp³-hybridized carbons (Fsp3) is 0.667. The molecule has 0 aliphatic rings. The molecule has 0 N–H and O–H groups in total. The molecule has 3 heteroatoms. The predicted molar refractivity (Wildman–Crippen MR) is 44.8 cm³/mol. The minimum Gasteiger partial charge on any atom is -0.300 e. The van der Waals surface area contributed by atoms with E-state index in [0.29, 0.717) is 12.8 Å². The maximum atomic E-state index is 10.9. The van der Waals surface area contributed by atoms with Crippen LogP contribution in [0.4, 0.5) is 0 Å². The van der Waals surface area contributed by atoms with Crippen molar-refractivity contribution in [3.05, 3.63) is 0 Å². The van der Waals surface area contributed by atoms with Gasteiger partial charge in [-0.3, -0.25) is 9.59 Å². The van der Waals surface area contributed by atoms with Gasteiger partial charge in [-0.05, 0) is 27.2 Å². The molecular formula is C9H14O3. The molecule has 68 valence electrons. The summed E-state index contributed by atoms with van der Waals surface area (Å²) >= 11 is 0. The number of carbonyl (C=O) groups is 3. The summed E-state index contributed by atoms with van der Waals surface area (Å²) in [6, 6.07) is 0. The van der Waals surface area contributed by atoms with Crippen molar-refractivity contribution in [2.45, 2.75) is 33.6 Å². The monoisotopic (exact) mass is 170 g/mol. The van der Waals surface area contributed by atoms with E-state index in [0.717, 1.165) is 0 Å². The van der Waals surface area contributed by atoms with Crippen molar-refractivity contribution in [2.75, 3.05) is 0 Å². The third kappa shape index (κ3) is 4.01. The van der Waals surface area contributed by atoms with E-state index in [1.54, 1.807) is 0 Å². The molecule has 0 aromatic carbocycles. The summed E-state index contributed by atoms with van der Waals surface area (Å²) in [6.45, 7) is 4.22. The average molecular weight is 170 g/mol. The van der Waals surface area contributed by atoms with E-state index in [4.69, 9.17) is 0 Å². The number of hydrogen-bond acceptors (Lipinski definition) is 3. The quantitative estimate of drug-likeness (QED) is 0.581. The Kier molecular flexibility index (Phi) is 4.40. The molecule has 0 rings (SSSR count). The molecular weight excluding hydrogens is 156 g/mol. The Morgan fingerprint density at radius 3 is 1.67 bits per heavy atom. The highest BCUT2D eigenvalue weighted by atomic mass is 16.1. The Balaban J connectivity index is 4.06. The highest BCUT2D eigenvalue weighted by Gasteiger charge is 2.19. The van der Waals surface area contributed by atoms with Crippen molar-refractivity contribution in [1.29, 1.82) is 0 Å². The van der Waals surface area contributed by atoms with Gasteiger partial charge >= 0.3 is 0 Å². The molecule has 0 saturated carbocycles. The highest BCUT2D eigenvalue weighted by molar-refractivity contribution is 6.00. The summed E-state index contributed by atoms with van der Waals surface area (Å²) in [5, 5.41) is 0. The molecule has 0 fully saturated rings. The zero-order chi connectivity index (χ0) is 9.72. The molecule has 0 aromatic heterocycles. The van der Waals surface area contributed by atoms with Crippen molar-refractivity contribution >= 4 is 17.3 Å². The minimum atomic E-state index is -0.575. The summed E-state index contributed by atoms with van der Waals surface area (Å²) in [7, 11) is 0. The normalized spacial score (nSPS) is 10.0. The number of rotatable bonds is 5. The summed E-state index contributed by atoms with van der Waals surface area (Å²) in [5.74, 6) is -0.857. The van der Waals surface area contributed by atoms with Gasteiger partial charge in [-0.2, -0.15) is 0 Å². The number of hydrogen-bond donors (Lipinski definition) is 0. The molecule has 3 nitrogen and oxygen atoms in total. The van der Waals surface area contributed by atoms with Crippen molar-refractivity contribution in [3.8, 4) is 0 Å². The second-order valence-electron chi connectivity index (χ2n) is 3.01. The zero-order valence-corrected chi connectivity index (χ0v) is 7.72. The lowest BCUT2D eigenvalue weighted by Crippen LogP contribution is -2.20. The van der Waals surface area contributed by atoms with Crippen LogP contribution in [-0.2, 0) is 14.4 Å². The minimum absolute atomic E-state index is 0.0162. The smallest absolute Gasteiger partial charge is 0.140 e. The van der Waals surface area contributed by atoms with Crippen LogP contribution in [0.2, 0.25) is 0 Å². The lowest BCUT2D eigenvalue weighted by atomic mass is 9.94. The number of carbonyl (C=O) groups excluding carboxylic acids is 3. The van der Waals surface area contributed by atoms with E-state index in [-0.39, 0.29) is 17.3 Å². The maximum Gasteiger partial charge on any atom is 0.140 e. The van der Waals surface area contributed by atoms with Crippen LogP contribution in [0, 0.1) is 5.92 Å². The predicted octanol–water partition coefficient (Wildman–Crippen LogP) is 1.15. The molecule has 0 aliphatic carbocycles. The van der Waals surface area contributed by atoms with Crippen LogP contribution in [0.15, 0.2) is 0 Å². The molecule has 0 spiro atoms. The second-order valence-corrected chi connectivity index (χ2v) is 3.01. The van der Waals surface area contributed by atoms with Gasteiger partial charge in [0.05, 0.1) is 5.92 Å². The third-order valence-corrected chi connectivity index (χ3v) is 1.77. The first-order valence-corrected chi connectivity index (χ1v) is 3.95. The van der Waals surface area contributed by atoms with Crippen LogP contribution in [0.25, 0.3) is 0 Å². The second kappa shape index (κ2) is 4.80. The SMILES string of the molecule is CC(=O)CCC(C(C)=O)C(C)=O. The standard InChI is InChI=1S/C9H14O3/c1-6(10)4-5-9(7(2)11)8(3)12/h9H,4-5H2,1-3H3. The van der Waals surface area contributed by atoms with Crippen LogP contribution < -0.4 is 0 Å². The van der Waals surface area contributed by atoms with Crippen molar-refractivity contribution in [1.82, 2.24) is 0 Å². The van der Waals surface area contributed by atoms with Gasteiger partial charge in [0.2, 0.25) is 0 Å². The molecule has 0 heterocycles. The first kappa shape index (κ1) is 11.0. The van der Waals surface area contributed by atoms with Crippen molar-refractivity contribution < 1.29 is 14.4 Å². The van der Waals surface area contributed by atoms with E-state index in [1.165, 1.54) is 20.8 Å². The van der Waals surface area contributed by atoms with Gasteiger partial charge in [-0.1, -0.05) is 0 Å². The van der Waals surface area contributed by atoms with Gasteiger partial charge < -0.3 is 4.79 Å². The van der Waals surface area contributed by atoms with E-state index in [9.17, 15) is 14.4 Å². The van der Waals surface area contributed by atoms with Gasteiger partial charge in [-0.25, -0.2) is 0 Å². The molecule has 0 amide bonds. The lowest BCUT2D eigenvalue weighted by Gasteiger charge is -2.07. The highest BCUT2D eigenvalue weighted by Crippen LogP contribution is 2.09. The fourth-order valence-electron chi connectivity index (χ4n) is 1.04. The Hall–Kier alpha value is -0.990. The maximum absolute atomic E-state index is 10.9. The van der Waals surface area contributed by atoms with E-state index < -0.39 is 5.92 Å². The molecule has 0 bridgehead atoms. The molecule has 0 aromatic rings. The molecule has 0 atom stereocenters. The van der Waals surface area contributed by atoms with E-state index in [2.05, 4.69) is 0 Å². The Bertz CT molecular complexity index is 192. The summed E-state index contributed by atoms with van der Waals surface area (Å²) in [5.41, 5.74) is 0. The summed E-state index contributed by atoms with van der Waals surface area (Å²) < 4.78 is 0. The third-order valence-electron chi connectivity index (χ3n) is 1.77. The van der Waals surface area contributed by atoms with Gasteiger partial charge in [0.15, 0.2) is 0 Å². The topological polar surface area (TPSA) is 51.2 Å². The van der Waals surface area contributed by atoms with Crippen molar-refractivity contribution in [3.63, 3.8) is 0 Å². The molecule has 0 aliphatic heterocycles. The van der Waals surface area contributed by atoms with Crippen LogP contribution >= 0.6 is 0 Å².